The molecule has 7 heteroatoms. The van der Waals surface area contributed by atoms with Crippen LogP contribution in [0.2, 0.25) is 0 Å². The van der Waals surface area contributed by atoms with Crippen molar-refractivity contribution in [3.63, 3.8) is 0 Å². The normalized spacial score (nSPS) is 12.5. The average molecular weight is 430 g/mol. The lowest BCUT2D eigenvalue weighted by molar-refractivity contribution is 0.0697. The van der Waals surface area contributed by atoms with Gasteiger partial charge in [0.15, 0.2) is 11.5 Å². The van der Waals surface area contributed by atoms with Crippen molar-refractivity contribution < 1.29 is 24.1 Å². The largest absolute Gasteiger partial charge is 0.497 e. The van der Waals surface area contributed by atoms with Gasteiger partial charge in [-0.15, -0.1) is 0 Å². The molecular formula is C25H22N2O5. The van der Waals surface area contributed by atoms with Gasteiger partial charge in [-0.3, -0.25) is 4.98 Å². The number of carboxylic acid groups (broad SMARTS) is 1. The van der Waals surface area contributed by atoms with E-state index >= 15 is 0 Å². The first-order valence-corrected chi connectivity index (χ1v) is 9.98. The van der Waals surface area contributed by atoms with E-state index in [0.29, 0.717) is 30.4 Å². The number of carboxylic acids is 1. The van der Waals surface area contributed by atoms with Crippen LogP contribution in [0.4, 0.5) is 11.4 Å². The zero-order valence-corrected chi connectivity index (χ0v) is 17.5. The molecule has 3 aromatic rings. The highest BCUT2D eigenvalue weighted by molar-refractivity contribution is 5.89. The molecule has 0 radical (unpaired) electrons. The Balaban J connectivity index is 1.75. The summed E-state index contributed by atoms with van der Waals surface area (Å²) in [5.41, 5.74) is 2.72. The van der Waals surface area contributed by atoms with Crippen molar-refractivity contribution >= 4 is 17.3 Å². The summed E-state index contributed by atoms with van der Waals surface area (Å²) >= 11 is 0. The van der Waals surface area contributed by atoms with Gasteiger partial charge in [0.25, 0.3) is 0 Å². The third-order valence-electron chi connectivity index (χ3n) is 4.86. The van der Waals surface area contributed by atoms with Crippen molar-refractivity contribution in [3.05, 3.63) is 102 Å². The Hall–Kier alpha value is -4.26. The number of carbonyl (C=O) groups is 1. The predicted octanol–water partition coefficient (Wildman–Crippen LogP) is 4.93. The van der Waals surface area contributed by atoms with Crippen molar-refractivity contribution in [3.8, 4) is 11.5 Å². The van der Waals surface area contributed by atoms with Crippen molar-refractivity contribution in [1.82, 2.24) is 4.98 Å². The quantitative estimate of drug-likeness (QED) is 0.542. The summed E-state index contributed by atoms with van der Waals surface area (Å²) in [4.78, 5) is 17.7. The molecule has 32 heavy (non-hydrogen) atoms. The molecule has 1 N–H and O–H groups in total. The molecule has 0 saturated heterocycles. The van der Waals surface area contributed by atoms with Gasteiger partial charge in [-0.25, -0.2) is 4.79 Å². The minimum absolute atomic E-state index is 0.209. The fourth-order valence-corrected chi connectivity index (χ4v) is 3.30. The fourth-order valence-electron chi connectivity index (χ4n) is 3.30. The fraction of sp³-hybridized carbons (Fsp3) is 0.120. The molecule has 1 aromatic heterocycles. The molecule has 0 unspecified atom stereocenters. The number of benzene rings is 2. The Morgan fingerprint density at radius 2 is 2.00 bits per heavy atom. The van der Waals surface area contributed by atoms with E-state index in [0.717, 1.165) is 16.9 Å². The van der Waals surface area contributed by atoms with E-state index in [1.54, 1.807) is 50.0 Å². The molecule has 2 aromatic carbocycles. The lowest BCUT2D eigenvalue weighted by atomic mass is 10.1. The van der Waals surface area contributed by atoms with Crippen LogP contribution in [0.25, 0.3) is 0 Å². The zero-order valence-electron chi connectivity index (χ0n) is 17.5. The van der Waals surface area contributed by atoms with Crippen LogP contribution in [-0.2, 0) is 11.3 Å². The van der Waals surface area contributed by atoms with E-state index in [2.05, 4.69) is 4.98 Å². The molecule has 0 fully saturated rings. The van der Waals surface area contributed by atoms with Crippen LogP contribution in [0, 0.1) is 0 Å². The number of anilines is 2. The van der Waals surface area contributed by atoms with Gasteiger partial charge in [0.1, 0.15) is 12.4 Å². The summed E-state index contributed by atoms with van der Waals surface area (Å²) < 4.78 is 16.7. The molecule has 0 aliphatic carbocycles. The summed E-state index contributed by atoms with van der Waals surface area (Å²) in [6.45, 7) is 0.919. The van der Waals surface area contributed by atoms with E-state index in [1.807, 2.05) is 47.4 Å². The van der Waals surface area contributed by atoms with Gasteiger partial charge < -0.3 is 24.2 Å². The number of ether oxygens (including phenoxy) is 3. The number of allylic oxidation sites excluding steroid dienone is 1. The molecule has 2 heterocycles. The minimum atomic E-state index is -0.981. The second-order valence-electron chi connectivity index (χ2n) is 6.98. The van der Waals surface area contributed by atoms with Gasteiger partial charge in [0.2, 0.25) is 0 Å². The molecular weight excluding hydrogens is 408 g/mol. The van der Waals surface area contributed by atoms with Crippen LogP contribution in [0.5, 0.6) is 11.5 Å². The number of hydrogen-bond donors (Lipinski definition) is 1. The van der Waals surface area contributed by atoms with Crippen LogP contribution in [0.15, 0.2) is 91.2 Å². The smallest absolute Gasteiger partial charge is 0.335 e. The molecule has 1 aliphatic heterocycles. The van der Waals surface area contributed by atoms with Gasteiger partial charge >= 0.3 is 5.97 Å². The third-order valence-corrected chi connectivity index (χ3v) is 4.86. The van der Waals surface area contributed by atoms with Crippen LogP contribution >= 0.6 is 0 Å². The maximum atomic E-state index is 11.5. The summed E-state index contributed by atoms with van der Waals surface area (Å²) in [6.07, 6.45) is 8.65. The molecule has 0 atom stereocenters. The number of methoxy groups -OCH3 is 1. The van der Waals surface area contributed by atoms with Gasteiger partial charge in [-0.05, 0) is 48.0 Å². The highest BCUT2D eigenvalue weighted by atomic mass is 16.5. The number of pyridine rings is 1. The van der Waals surface area contributed by atoms with Crippen molar-refractivity contribution in [2.45, 2.75) is 6.54 Å². The van der Waals surface area contributed by atoms with Gasteiger partial charge in [0.05, 0.1) is 18.9 Å². The molecule has 0 amide bonds. The number of aromatic nitrogens is 1. The predicted molar refractivity (Wildman–Crippen MR) is 120 cm³/mol. The SMILES string of the molecule is COc1ccc(N(Cc2cccnc2)c2cccc(C(=O)O)c2)cc1OC1=CCOC=C1. The highest BCUT2D eigenvalue weighted by Gasteiger charge is 2.16. The summed E-state index contributed by atoms with van der Waals surface area (Å²) in [5, 5.41) is 9.46. The van der Waals surface area contributed by atoms with Crippen molar-refractivity contribution in [2.24, 2.45) is 0 Å². The third kappa shape index (κ3) is 4.89. The second kappa shape index (κ2) is 9.70. The van der Waals surface area contributed by atoms with Gasteiger partial charge in [-0.1, -0.05) is 12.1 Å². The Morgan fingerprint density at radius 1 is 1.12 bits per heavy atom. The highest BCUT2D eigenvalue weighted by Crippen LogP contribution is 2.37. The van der Waals surface area contributed by atoms with E-state index in [4.69, 9.17) is 14.2 Å². The number of hydrogen-bond acceptors (Lipinski definition) is 6. The molecule has 1 aliphatic rings. The Morgan fingerprint density at radius 3 is 2.72 bits per heavy atom. The Kier molecular flexibility index (Phi) is 6.36. The number of nitrogens with zero attached hydrogens (tertiary/aromatic N) is 2. The average Bonchev–Trinajstić information content (AvgIpc) is 2.84. The summed E-state index contributed by atoms with van der Waals surface area (Å²) in [5.74, 6) is 0.784. The van der Waals surface area contributed by atoms with E-state index in [1.165, 1.54) is 0 Å². The van der Waals surface area contributed by atoms with Crippen molar-refractivity contribution in [2.75, 3.05) is 18.6 Å². The van der Waals surface area contributed by atoms with Gasteiger partial charge in [-0.2, -0.15) is 0 Å². The Bertz CT molecular complexity index is 1160. The van der Waals surface area contributed by atoms with Crippen molar-refractivity contribution in [1.29, 1.82) is 0 Å². The standard InChI is InChI=1S/C25H22N2O5/c1-30-23-8-7-21(15-24(23)32-22-9-12-31-13-10-22)27(17-18-4-3-11-26-16-18)20-6-2-5-19(14-20)25(28)29/h2-12,14-16H,13,17H2,1H3,(H,28,29). The van der Waals surface area contributed by atoms with Crippen LogP contribution in [0.1, 0.15) is 15.9 Å². The first-order chi connectivity index (χ1) is 15.6. The lowest BCUT2D eigenvalue weighted by Crippen LogP contribution is -2.17. The monoisotopic (exact) mass is 430 g/mol. The molecule has 0 bridgehead atoms. The lowest BCUT2D eigenvalue weighted by Gasteiger charge is -2.26. The molecule has 162 valence electrons. The summed E-state index contributed by atoms with van der Waals surface area (Å²) in [6, 6.07) is 16.3. The summed E-state index contributed by atoms with van der Waals surface area (Å²) in [7, 11) is 1.58. The number of aromatic carboxylic acids is 1. The molecule has 4 rings (SSSR count). The van der Waals surface area contributed by atoms with Crippen LogP contribution in [-0.4, -0.2) is 29.8 Å². The maximum Gasteiger partial charge on any atom is 0.335 e. The molecule has 7 nitrogen and oxygen atoms in total. The first-order valence-electron chi connectivity index (χ1n) is 9.98. The van der Waals surface area contributed by atoms with E-state index in [-0.39, 0.29) is 5.56 Å². The first kappa shape index (κ1) is 21.0. The number of rotatable bonds is 8. The van der Waals surface area contributed by atoms with Crippen LogP contribution in [0.3, 0.4) is 0 Å². The zero-order chi connectivity index (χ0) is 22.3. The maximum absolute atomic E-state index is 11.5. The van der Waals surface area contributed by atoms with Crippen LogP contribution < -0.4 is 14.4 Å². The molecule has 0 saturated carbocycles. The van der Waals surface area contributed by atoms with Gasteiger partial charge in [0, 0.05) is 42.5 Å². The van der Waals surface area contributed by atoms with E-state index < -0.39 is 5.97 Å². The minimum Gasteiger partial charge on any atom is -0.497 e. The molecule has 0 spiro atoms. The second-order valence-corrected chi connectivity index (χ2v) is 6.98. The topological polar surface area (TPSA) is 81.1 Å². The van der Waals surface area contributed by atoms with E-state index in [9.17, 15) is 9.90 Å². The Labute approximate surface area is 185 Å².